The van der Waals surface area contributed by atoms with Crippen LogP contribution in [-0.2, 0) is 13.2 Å². The van der Waals surface area contributed by atoms with Crippen molar-refractivity contribution in [3.63, 3.8) is 0 Å². The minimum Gasteiger partial charge on any atom is -0.493 e. The Kier molecular flexibility index (Phi) is 4.92. The Labute approximate surface area is 118 Å². The van der Waals surface area contributed by atoms with Crippen molar-refractivity contribution >= 4 is 0 Å². The monoisotopic (exact) mass is 274 g/mol. The largest absolute Gasteiger partial charge is 0.493 e. The van der Waals surface area contributed by atoms with Gasteiger partial charge in [0.15, 0.2) is 11.5 Å². The zero-order valence-electron chi connectivity index (χ0n) is 11.6. The van der Waals surface area contributed by atoms with Crippen LogP contribution in [0.5, 0.6) is 17.4 Å². The smallest absolute Gasteiger partial charge is 0.223 e. The molecule has 1 heterocycles. The van der Waals surface area contributed by atoms with Crippen LogP contribution in [0.1, 0.15) is 11.1 Å². The molecule has 0 spiro atoms. The number of benzene rings is 1. The maximum absolute atomic E-state index is 9.14. The summed E-state index contributed by atoms with van der Waals surface area (Å²) in [4.78, 5) is 4.24. The van der Waals surface area contributed by atoms with Gasteiger partial charge in [-0.3, -0.25) is 0 Å². The summed E-state index contributed by atoms with van der Waals surface area (Å²) in [5.74, 6) is 1.68. The van der Waals surface area contributed by atoms with Crippen LogP contribution in [0.3, 0.4) is 0 Å². The van der Waals surface area contributed by atoms with Crippen molar-refractivity contribution in [1.29, 1.82) is 0 Å². The van der Waals surface area contributed by atoms with Crippen LogP contribution in [0, 0.1) is 0 Å². The van der Waals surface area contributed by atoms with Crippen molar-refractivity contribution in [2.45, 2.75) is 13.2 Å². The third kappa shape index (κ3) is 3.26. The summed E-state index contributed by atoms with van der Waals surface area (Å²) in [6, 6.07) is 9.12. The van der Waals surface area contributed by atoms with Gasteiger partial charge in [-0.25, -0.2) is 4.98 Å². The van der Waals surface area contributed by atoms with E-state index in [1.165, 1.54) is 0 Å². The topological polar surface area (TPSA) is 63.6 Å². The van der Waals surface area contributed by atoms with Gasteiger partial charge in [-0.2, -0.15) is 0 Å². The fourth-order valence-electron chi connectivity index (χ4n) is 1.84. The Balaban J connectivity index is 2.30. The lowest BCUT2D eigenvalue weighted by Gasteiger charge is -2.13. The maximum atomic E-state index is 9.14. The fraction of sp³-hybridized carbons (Fsp3) is 0.267. The first-order valence-corrected chi connectivity index (χ1v) is 6.32. The second-order valence-corrected chi connectivity index (χ2v) is 4.24. The molecule has 2 rings (SSSR count). The lowest BCUT2D eigenvalue weighted by Crippen LogP contribution is -2.07. The molecule has 2 aromatic rings. The minimum atomic E-state index is -0.0365. The van der Waals surface area contributed by atoms with E-state index in [-0.39, 0.29) is 6.61 Å². The predicted molar refractivity (Wildman–Crippen MR) is 76.0 cm³/mol. The second-order valence-electron chi connectivity index (χ2n) is 4.24. The van der Waals surface area contributed by atoms with Crippen LogP contribution in [0.2, 0.25) is 0 Å². The second kappa shape index (κ2) is 6.88. The highest BCUT2D eigenvalue weighted by Crippen LogP contribution is 2.32. The molecule has 0 aliphatic rings. The quantitative estimate of drug-likeness (QED) is 0.844. The first kappa shape index (κ1) is 14.3. The number of hydrogen-bond donors (Lipinski definition) is 2. The van der Waals surface area contributed by atoms with Gasteiger partial charge in [0, 0.05) is 18.3 Å². The van der Waals surface area contributed by atoms with E-state index < -0.39 is 0 Å². The number of nitrogens with zero attached hydrogens (tertiary/aromatic N) is 1. The molecule has 0 saturated heterocycles. The van der Waals surface area contributed by atoms with Gasteiger partial charge in [0.1, 0.15) is 0 Å². The van der Waals surface area contributed by atoms with E-state index in [1.807, 2.05) is 19.2 Å². The molecule has 0 bridgehead atoms. The summed E-state index contributed by atoms with van der Waals surface area (Å²) in [6.45, 7) is 0.630. The molecule has 0 fully saturated rings. The summed E-state index contributed by atoms with van der Waals surface area (Å²) in [5.41, 5.74) is 1.73. The number of methoxy groups -OCH3 is 1. The lowest BCUT2D eigenvalue weighted by atomic mass is 10.2. The van der Waals surface area contributed by atoms with E-state index in [4.69, 9.17) is 14.6 Å². The van der Waals surface area contributed by atoms with Crippen molar-refractivity contribution in [3.05, 3.63) is 47.7 Å². The Morgan fingerprint density at radius 3 is 2.80 bits per heavy atom. The first-order chi connectivity index (χ1) is 9.78. The molecule has 0 saturated carbocycles. The summed E-state index contributed by atoms with van der Waals surface area (Å²) in [6.07, 6.45) is 1.68. The molecule has 2 N–H and O–H groups in total. The van der Waals surface area contributed by atoms with Gasteiger partial charge < -0.3 is 19.9 Å². The zero-order chi connectivity index (χ0) is 14.4. The molecular formula is C15H18N2O3. The van der Waals surface area contributed by atoms with Crippen LogP contribution in [0.4, 0.5) is 0 Å². The molecule has 0 aliphatic heterocycles. The molecule has 0 amide bonds. The van der Waals surface area contributed by atoms with Crippen LogP contribution in [0.25, 0.3) is 0 Å². The molecule has 20 heavy (non-hydrogen) atoms. The van der Waals surface area contributed by atoms with Crippen LogP contribution >= 0.6 is 0 Å². The molecule has 106 valence electrons. The highest BCUT2D eigenvalue weighted by atomic mass is 16.5. The zero-order valence-corrected chi connectivity index (χ0v) is 11.6. The van der Waals surface area contributed by atoms with Gasteiger partial charge in [-0.1, -0.05) is 12.1 Å². The number of aliphatic hydroxyl groups excluding tert-OH is 1. The molecule has 0 unspecified atom stereocenters. The number of aromatic nitrogens is 1. The molecule has 0 aliphatic carbocycles. The summed E-state index contributed by atoms with van der Waals surface area (Å²) in [7, 11) is 3.43. The van der Waals surface area contributed by atoms with E-state index in [9.17, 15) is 0 Å². The Bertz CT molecular complexity index is 573. The number of pyridine rings is 1. The van der Waals surface area contributed by atoms with Crippen molar-refractivity contribution in [2.75, 3.05) is 14.2 Å². The molecule has 1 aromatic heterocycles. The normalized spacial score (nSPS) is 10.3. The lowest BCUT2D eigenvalue weighted by molar-refractivity contribution is 0.280. The van der Waals surface area contributed by atoms with Crippen LogP contribution < -0.4 is 14.8 Å². The van der Waals surface area contributed by atoms with Gasteiger partial charge in [-0.15, -0.1) is 0 Å². The summed E-state index contributed by atoms with van der Waals surface area (Å²) < 4.78 is 11.1. The van der Waals surface area contributed by atoms with E-state index >= 15 is 0 Å². The predicted octanol–water partition coefficient (Wildman–Crippen LogP) is 2.09. The van der Waals surface area contributed by atoms with E-state index in [0.717, 1.165) is 11.1 Å². The van der Waals surface area contributed by atoms with E-state index in [2.05, 4.69) is 10.3 Å². The van der Waals surface area contributed by atoms with Gasteiger partial charge in [-0.05, 0) is 30.8 Å². The van der Waals surface area contributed by atoms with Crippen molar-refractivity contribution in [3.8, 4) is 17.4 Å². The summed E-state index contributed by atoms with van der Waals surface area (Å²) in [5, 5.41) is 12.2. The number of rotatable bonds is 6. The highest BCUT2D eigenvalue weighted by molar-refractivity contribution is 5.45. The third-order valence-electron chi connectivity index (χ3n) is 2.83. The number of aliphatic hydroxyl groups is 1. The molecule has 5 heteroatoms. The van der Waals surface area contributed by atoms with E-state index in [1.54, 1.807) is 31.5 Å². The van der Waals surface area contributed by atoms with Gasteiger partial charge in [0.2, 0.25) is 5.88 Å². The average Bonchev–Trinajstić information content (AvgIpc) is 2.50. The standard InChI is InChI=1S/C15H18N2O3/c1-16-9-12-4-3-7-17-15(12)20-13-6-5-11(10-18)8-14(13)19-2/h3-8,16,18H,9-10H2,1-2H3. The third-order valence-corrected chi connectivity index (χ3v) is 2.83. The highest BCUT2D eigenvalue weighted by Gasteiger charge is 2.10. The average molecular weight is 274 g/mol. The number of nitrogens with one attached hydrogen (secondary N) is 1. The van der Waals surface area contributed by atoms with Gasteiger partial charge in [0.25, 0.3) is 0 Å². The number of ether oxygens (including phenoxy) is 2. The van der Waals surface area contributed by atoms with Crippen LogP contribution in [-0.4, -0.2) is 24.2 Å². The Morgan fingerprint density at radius 1 is 1.25 bits per heavy atom. The van der Waals surface area contributed by atoms with E-state index in [0.29, 0.717) is 23.9 Å². The minimum absolute atomic E-state index is 0.0365. The molecule has 0 radical (unpaired) electrons. The molecule has 5 nitrogen and oxygen atoms in total. The van der Waals surface area contributed by atoms with Crippen LogP contribution in [0.15, 0.2) is 36.5 Å². The van der Waals surface area contributed by atoms with Crippen molar-refractivity contribution < 1.29 is 14.6 Å². The molecule has 1 aromatic carbocycles. The number of hydrogen-bond acceptors (Lipinski definition) is 5. The maximum Gasteiger partial charge on any atom is 0.223 e. The Hall–Kier alpha value is -2.11. The van der Waals surface area contributed by atoms with Crippen molar-refractivity contribution in [2.24, 2.45) is 0 Å². The van der Waals surface area contributed by atoms with Gasteiger partial charge in [0.05, 0.1) is 13.7 Å². The fourth-order valence-corrected chi connectivity index (χ4v) is 1.84. The summed E-state index contributed by atoms with van der Waals surface area (Å²) >= 11 is 0. The SMILES string of the molecule is CNCc1cccnc1Oc1ccc(CO)cc1OC. The van der Waals surface area contributed by atoms with Crippen molar-refractivity contribution in [1.82, 2.24) is 10.3 Å². The molecular weight excluding hydrogens is 256 g/mol. The van der Waals surface area contributed by atoms with Gasteiger partial charge >= 0.3 is 0 Å². The first-order valence-electron chi connectivity index (χ1n) is 6.32. The Morgan fingerprint density at radius 2 is 2.10 bits per heavy atom. The molecule has 0 atom stereocenters.